The van der Waals surface area contributed by atoms with E-state index in [0.717, 1.165) is 18.7 Å². The Labute approximate surface area is 95.9 Å². The Kier molecular flexibility index (Phi) is 6.06. The van der Waals surface area contributed by atoms with Gasteiger partial charge in [0.2, 0.25) is 0 Å². The fourth-order valence-corrected chi connectivity index (χ4v) is 2.20. The molecule has 1 N–H and O–H groups in total. The van der Waals surface area contributed by atoms with Gasteiger partial charge < -0.3 is 5.32 Å². The van der Waals surface area contributed by atoms with Crippen LogP contribution in [0.3, 0.4) is 0 Å². The molecule has 0 radical (unpaired) electrons. The first kappa shape index (κ1) is 12.2. The third-order valence-corrected chi connectivity index (χ3v) is 3.23. The lowest BCUT2D eigenvalue weighted by molar-refractivity contribution is 0.600. The zero-order chi connectivity index (χ0) is 10.9. The molecule has 0 aliphatic heterocycles. The normalized spacial score (nSPS) is 10.1. The van der Waals surface area contributed by atoms with E-state index in [2.05, 4.69) is 18.3 Å². The fourth-order valence-electron chi connectivity index (χ4n) is 1.42. The van der Waals surface area contributed by atoms with Crippen LogP contribution in [0.25, 0.3) is 0 Å². The van der Waals surface area contributed by atoms with Crippen molar-refractivity contribution in [2.45, 2.75) is 39.2 Å². The average Bonchev–Trinajstić information content (AvgIpc) is 2.71. The minimum Gasteiger partial charge on any atom is -0.312 e. The molecule has 0 saturated carbocycles. The highest BCUT2D eigenvalue weighted by Gasteiger charge is 1.97. The van der Waals surface area contributed by atoms with Crippen LogP contribution in [0.1, 0.15) is 43.0 Å². The van der Waals surface area contributed by atoms with E-state index in [-0.39, 0.29) is 0 Å². The van der Waals surface area contributed by atoms with Crippen molar-refractivity contribution >= 4 is 11.3 Å². The SMILES string of the molecule is CCCCCCNCc1cc(C#N)cs1. The van der Waals surface area contributed by atoms with Crippen LogP contribution >= 0.6 is 11.3 Å². The molecule has 0 saturated heterocycles. The van der Waals surface area contributed by atoms with Gasteiger partial charge in [0.1, 0.15) is 6.07 Å². The van der Waals surface area contributed by atoms with Crippen molar-refractivity contribution in [3.05, 3.63) is 21.9 Å². The van der Waals surface area contributed by atoms with Crippen LogP contribution in [-0.2, 0) is 6.54 Å². The number of unbranched alkanes of at least 4 members (excludes halogenated alkanes) is 3. The molecule has 1 rings (SSSR count). The van der Waals surface area contributed by atoms with Crippen LogP contribution in [0.2, 0.25) is 0 Å². The molecule has 3 heteroatoms. The largest absolute Gasteiger partial charge is 0.312 e. The lowest BCUT2D eigenvalue weighted by Gasteiger charge is -2.01. The Bertz CT molecular complexity index is 312. The van der Waals surface area contributed by atoms with Gasteiger partial charge in [-0.3, -0.25) is 0 Å². The smallest absolute Gasteiger partial charge is 0.100 e. The number of thiophene rings is 1. The van der Waals surface area contributed by atoms with Crippen molar-refractivity contribution in [2.75, 3.05) is 6.54 Å². The fraction of sp³-hybridized carbons (Fsp3) is 0.583. The molecular weight excluding hydrogens is 204 g/mol. The van der Waals surface area contributed by atoms with Crippen LogP contribution in [0.15, 0.2) is 11.4 Å². The molecular formula is C12H18N2S. The Morgan fingerprint density at radius 3 is 2.93 bits per heavy atom. The minimum atomic E-state index is 0.780. The number of nitrogens with zero attached hydrogens (tertiary/aromatic N) is 1. The predicted octanol–water partition coefficient (Wildman–Crippen LogP) is 3.29. The molecule has 0 atom stereocenters. The van der Waals surface area contributed by atoms with Crippen LogP contribution in [0, 0.1) is 11.3 Å². The van der Waals surface area contributed by atoms with Crippen molar-refractivity contribution in [2.24, 2.45) is 0 Å². The summed E-state index contributed by atoms with van der Waals surface area (Å²) in [5.74, 6) is 0. The van der Waals surface area contributed by atoms with Gasteiger partial charge in [-0.05, 0) is 19.0 Å². The van der Waals surface area contributed by atoms with Gasteiger partial charge >= 0.3 is 0 Å². The Balaban J connectivity index is 2.07. The summed E-state index contributed by atoms with van der Waals surface area (Å²) in [5.41, 5.74) is 0.780. The van der Waals surface area contributed by atoms with Crippen LogP contribution in [-0.4, -0.2) is 6.54 Å². The molecule has 0 aliphatic rings. The van der Waals surface area contributed by atoms with Gasteiger partial charge in [0.05, 0.1) is 5.56 Å². The predicted molar refractivity (Wildman–Crippen MR) is 64.9 cm³/mol. The number of hydrogen-bond donors (Lipinski definition) is 1. The second-order valence-electron chi connectivity index (χ2n) is 3.65. The topological polar surface area (TPSA) is 35.8 Å². The minimum absolute atomic E-state index is 0.780. The van der Waals surface area contributed by atoms with Crippen molar-refractivity contribution < 1.29 is 0 Å². The van der Waals surface area contributed by atoms with Crippen molar-refractivity contribution in [1.29, 1.82) is 5.26 Å². The Morgan fingerprint density at radius 1 is 1.40 bits per heavy atom. The third-order valence-electron chi connectivity index (χ3n) is 2.29. The van der Waals surface area contributed by atoms with Gasteiger partial charge in [-0.2, -0.15) is 5.26 Å². The van der Waals surface area contributed by atoms with Gasteiger partial charge in [-0.15, -0.1) is 11.3 Å². The molecule has 0 amide bonds. The number of nitriles is 1. The number of rotatable bonds is 7. The molecule has 0 unspecified atom stereocenters. The second kappa shape index (κ2) is 7.44. The van der Waals surface area contributed by atoms with Gasteiger partial charge in [-0.25, -0.2) is 0 Å². The molecule has 0 bridgehead atoms. The maximum Gasteiger partial charge on any atom is 0.100 e. The standard InChI is InChI=1S/C12H18N2S/c1-2-3-4-5-6-14-9-12-7-11(8-13)10-15-12/h7,10,14H,2-6,9H2,1H3. The summed E-state index contributed by atoms with van der Waals surface area (Å²) in [7, 11) is 0. The summed E-state index contributed by atoms with van der Waals surface area (Å²) in [4.78, 5) is 1.25. The molecule has 0 aromatic carbocycles. The summed E-state index contributed by atoms with van der Waals surface area (Å²) in [6.07, 6.45) is 5.19. The first-order valence-electron chi connectivity index (χ1n) is 5.55. The van der Waals surface area contributed by atoms with Crippen molar-refractivity contribution in [1.82, 2.24) is 5.32 Å². The lowest BCUT2D eigenvalue weighted by Crippen LogP contribution is -2.13. The summed E-state index contributed by atoms with van der Waals surface area (Å²) < 4.78 is 0. The molecule has 1 aromatic rings. The van der Waals surface area contributed by atoms with Gasteiger partial charge in [0, 0.05) is 16.8 Å². The third kappa shape index (κ3) is 4.96. The molecule has 2 nitrogen and oxygen atoms in total. The zero-order valence-corrected chi connectivity index (χ0v) is 10.1. The van der Waals surface area contributed by atoms with E-state index < -0.39 is 0 Å². The van der Waals surface area contributed by atoms with Crippen molar-refractivity contribution in [3.63, 3.8) is 0 Å². The molecule has 15 heavy (non-hydrogen) atoms. The molecule has 0 aliphatic carbocycles. The number of nitrogens with one attached hydrogen (secondary N) is 1. The van der Waals surface area contributed by atoms with Gasteiger partial charge in [-0.1, -0.05) is 26.2 Å². The maximum absolute atomic E-state index is 8.66. The summed E-state index contributed by atoms with van der Waals surface area (Å²) >= 11 is 1.66. The monoisotopic (exact) mass is 222 g/mol. The summed E-state index contributed by atoms with van der Waals surface area (Å²) in [5, 5.41) is 14.0. The highest BCUT2D eigenvalue weighted by Crippen LogP contribution is 2.13. The quantitative estimate of drug-likeness (QED) is 0.719. The molecule has 82 valence electrons. The van der Waals surface area contributed by atoms with E-state index in [1.54, 1.807) is 11.3 Å². The van der Waals surface area contributed by atoms with Crippen LogP contribution in [0.5, 0.6) is 0 Å². The van der Waals surface area contributed by atoms with E-state index in [0.29, 0.717) is 0 Å². The van der Waals surface area contributed by atoms with E-state index >= 15 is 0 Å². The van der Waals surface area contributed by atoms with E-state index in [9.17, 15) is 0 Å². The maximum atomic E-state index is 8.66. The van der Waals surface area contributed by atoms with Gasteiger partial charge in [0.25, 0.3) is 0 Å². The van der Waals surface area contributed by atoms with E-state index in [4.69, 9.17) is 5.26 Å². The second-order valence-corrected chi connectivity index (χ2v) is 4.65. The Hall–Kier alpha value is -0.850. The average molecular weight is 222 g/mol. The lowest BCUT2D eigenvalue weighted by atomic mass is 10.2. The zero-order valence-electron chi connectivity index (χ0n) is 9.25. The van der Waals surface area contributed by atoms with Crippen molar-refractivity contribution in [3.8, 4) is 6.07 Å². The summed E-state index contributed by atoms with van der Waals surface area (Å²) in [6, 6.07) is 4.11. The number of hydrogen-bond acceptors (Lipinski definition) is 3. The van der Waals surface area contributed by atoms with Crippen LogP contribution < -0.4 is 5.32 Å². The van der Waals surface area contributed by atoms with Gasteiger partial charge in [0.15, 0.2) is 0 Å². The highest BCUT2D eigenvalue weighted by atomic mass is 32.1. The van der Waals surface area contributed by atoms with E-state index in [1.807, 2.05) is 11.4 Å². The molecule has 1 aromatic heterocycles. The van der Waals surface area contributed by atoms with E-state index in [1.165, 1.54) is 30.6 Å². The molecule has 0 fully saturated rings. The highest BCUT2D eigenvalue weighted by molar-refractivity contribution is 7.10. The molecule has 0 spiro atoms. The first-order valence-corrected chi connectivity index (χ1v) is 6.43. The molecule has 1 heterocycles. The Morgan fingerprint density at radius 2 is 2.27 bits per heavy atom. The van der Waals surface area contributed by atoms with Crippen LogP contribution in [0.4, 0.5) is 0 Å². The first-order chi connectivity index (χ1) is 7.36. The summed E-state index contributed by atoms with van der Waals surface area (Å²) in [6.45, 7) is 4.21.